The molecule has 22 heavy (non-hydrogen) atoms. The van der Waals surface area contributed by atoms with Gasteiger partial charge in [0.1, 0.15) is 0 Å². The predicted molar refractivity (Wildman–Crippen MR) is 81.6 cm³/mol. The number of ketones is 1. The molecular formula is C18H21NO3. The Bertz CT molecular complexity index is 995. The number of methoxy groups -OCH3 is 1. The molecule has 4 atom stereocenters. The van der Waals surface area contributed by atoms with E-state index >= 15 is 0 Å². The minimum atomic E-state index is -2.58. The molecule has 2 aliphatic heterocycles. The molecule has 2 heterocycles. The average Bonchev–Trinajstić information content (AvgIpc) is 2.90. The van der Waals surface area contributed by atoms with E-state index in [1.54, 1.807) is 0 Å². The molecule has 1 unspecified atom stereocenters. The van der Waals surface area contributed by atoms with Crippen molar-refractivity contribution in [2.75, 3.05) is 20.6 Å². The minimum Gasteiger partial charge on any atom is -0.493 e. The van der Waals surface area contributed by atoms with E-state index in [-0.39, 0.29) is 48.4 Å². The highest BCUT2D eigenvalue weighted by Crippen LogP contribution is 2.62. The van der Waals surface area contributed by atoms with Crippen LogP contribution in [-0.4, -0.2) is 43.4 Å². The predicted octanol–water partition coefficient (Wildman–Crippen LogP) is 1.93. The lowest BCUT2D eigenvalue weighted by atomic mass is 9.52. The van der Waals surface area contributed by atoms with Crippen molar-refractivity contribution in [3.05, 3.63) is 23.2 Å². The molecule has 5 rings (SSSR count). The van der Waals surface area contributed by atoms with Crippen LogP contribution in [0.25, 0.3) is 0 Å². The van der Waals surface area contributed by atoms with Crippen LogP contribution in [0.2, 0.25) is 0 Å². The average molecular weight is 307 g/mol. The van der Waals surface area contributed by atoms with Crippen molar-refractivity contribution in [1.29, 1.82) is 0 Å². The summed E-state index contributed by atoms with van der Waals surface area (Å²) in [6, 6.07) is -2.00. The summed E-state index contributed by atoms with van der Waals surface area (Å²) in [4.78, 5) is 14.1. The van der Waals surface area contributed by atoms with Gasteiger partial charge in [-0.3, -0.25) is 4.79 Å². The first-order chi connectivity index (χ1) is 13.8. The van der Waals surface area contributed by atoms with Crippen LogP contribution in [0.15, 0.2) is 12.1 Å². The first kappa shape index (κ1) is 7.35. The number of benzene rings is 1. The minimum absolute atomic E-state index is 0.0200. The Morgan fingerprint density at radius 1 is 1.64 bits per heavy atom. The van der Waals surface area contributed by atoms with Gasteiger partial charge >= 0.3 is 0 Å². The molecule has 2 aliphatic carbocycles. The van der Waals surface area contributed by atoms with Gasteiger partial charge in [-0.15, -0.1) is 0 Å². The summed E-state index contributed by atoms with van der Waals surface area (Å²) in [6.07, 6.45) is -4.03. The van der Waals surface area contributed by atoms with E-state index in [1.807, 2.05) is 0 Å². The van der Waals surface area contributed by atoms with Crippen LogP contribution in [-0.2, 0) is 16.6 Å². The fourth-order valence-corrected chi connectivity index (χ4v) is 4.68. The maximum atomic E-state index is 13.0. The smallest absolute Gasteiger partial charge is 0.174 e. The Labute approximate surface area is 141 Å². The van der Waals surface area contributed by atoms with E-state index in [0.29, 0.717) is 0 Å². The Morgan fingerprint density at radius 2 is 2.55 bits per heavy atom. The van der Waals surface area contributed by atoms with E-state index in [2.05, 4.69) is 0 Å². The first-order valence-electron chi connectivity index (χ1n) is 11.5. The maximum absolute atomic E-state index is 13.0. The van der Waals surface area contributed by atoms with E-state index in [9.17, 15) is 4.79 Å². The van der Waals surface area contributed by atoms with Gasteiger partial charge < -0.3 is 14.4 Å². The molecular weight excluding hydrogens is 278 g/mol. The Balaban J connectivity index is 1.93. The van der Waals surface area contributed by atoms with Crippen LogP contribution in [0.1, 0.15) is 41.4 Å². The first-order valence-corrected chi connectivity index (χ1v) is 7.55. The van der Waals surface area contributed by atoms with Gasteiger partial charge in [-0.2, -0.15) is 0 Å². The lowest BCUT2D eigenvalue weighted by Gasteiger charge is -2.57. The molecule has 1 aromatic rings. The largest absolute Gasteiger partial charge is 0.493 e. The molecule has 0 amide bonds. The molecule has 0 aromatic heterocycles. The molecule has 116 valence electrons. The molecule has 4 nitrogen and oxygen atoms in total. The number of nitrogens with zero attached hydrogens (tertiary/aromatic N) is 1. The highest BCUT2D eigenvalue weighted by molar-refractivity contribution is 5.89. The zero-order chi connectivity index (χ0) is 22.0. The number of rotatable bonds is 1. The van der Waals surface area contributed by atoms with Gasteiger partial charge in [0.15, 0.2) is 23.4 Å². The van der Waals surface area contributed by atoms with Crippen molar-refractivity contribution in [3.63, 3.8) is 0 Å². The lowest BCUT2D eigenvalue weighted by molar-refractivity contribution is -0.138. The van der Waals surface area contributed by atoms with Crippen molar-refractivity contribution in [3.8, 4) is 11.5 Å². The van der Waals surface area contributed by atoms with E-state index in [0.717, 1.165) is 4.90 Å². The Hall–Kier alpha value is -1.55. The van der Waals surface area contributed by atoms with Gasteiger partial charge in [0, 0.05) is 30.3 Å². The molecule has 1 aromatic carbocycles. The summed E-state index contributed by atoms with van der Waals surface area (Å²) in [5.41, 5.74) is -1.18. The Morgan fingerprint density at radius 3 is 3.36 bits per heavy atom. The topological polar surface area (TPSA) is 38.8 Å². The zero-order valence-electron chi connectivity index (χ0n) is 20.2. The third-order valence-electron chi connectivity index (χ3n) is 5.57. The monoisotopic (exact) mass is 307 g/mol. The van der Waals surface area contributed by atoms with Crippen LogP contribution >= 0.6 is 0 Å². The molecule has 4 aliphatic rings. The molecule has 0 N–H and O–H groups in total. The fraction of sp³-hybridized carbons (Fsp3) is 0.611. The number of piperidine rings is 1. The molecule has 0 radical (unpaired) electrons. The Kier molecular flexibility index (Phi) is 1.35. The van der Waals surface area contributed by atoms with Gasteiger partial charge in [-0.05, 0) is 50.3 Å². The van der Waals surface area contributed by atoms with E-state index in [1.165, 1.54) is 7.11 Å². The maximum Gasteiger partial charge on any atom is 0.174 e. The highest BCUT2D eigenvalue weighted by Gasteiger charge is 2.65. The summed E-state index contributed by atoms with van der Waals surface area (Å²) in [5.74, 6) is -1.22. The van der Waals surface area contributed by atoms with Gasteiger partial charge in [-0.1, -0.05) is 6.04 Å². The van der Waals surface area contributed by atoms with Gasteiger partial charge in [0.05, 0.1) is 11.2 Å². The second kappa shape index (κ2) is 4.05. The van der Waals surface area contributed by atoms with Crippen molar-refractivity contribution < 1.29 is 25.2 Å². The third-order valence-corrected chi connectivity index (χ3v) is 5.57. The summed E-state index contributed by atoms with van der Waals surface area (Å²) in [5, 5.41) is 0. The van der Waals surface area contributed by atoms with Crippen LogP contribution < -0.4 is 9.47 Å². The third kappa shape index (κ3) is 1.27. The molecule has 1 saturated heterocycles. The van der Waals surface area contributed by atoms with Crippen LogP contribution in [0, 0.1) is 5.92 Å². The van der Waals surface area contributed by atoms with Gasteiger partial charge in [0.2, 0.25) is 0 Å². The summed E-state index contributed by atoms with van der Waals surface area (Å²) < 4.78 is 79.0. The number of likely N-dealkylation sites (N-methyl/N-ethyl adjacent to an activating group) is 1. The van der Waals surface area contributed by atoms with Gasteiger partial charge in [-0.25, -0.2) is 0 Å². The number of carbonyl (C=O) groups is 1. The van der Waals surface area contributed by atoms with Crippen LogP contribution in [0.3, 0.4) is 0 Å². The SMILES string of the molecule is [2H]c1c([2H])c2c3c(c1OC)OC1([2H])C(=O)CC[C@H]4[C@H](N(C([2H])([2H])[2H])CC[C@@]341)C2([2H])[2H]. The molecule has 1 saturated carbocycles. The summed E-state index contributed by atoms with van der Waals surface area (Å²) in [6.45, 7) is -2.62. The number of hydrogen-bond donors (Lipinski definition) is 0. The molecule has 2 bridgehead atoms. The second-order valence-corrected chi connectivity index (χ2v) is 6.37. The number of ether oxygens (including phenoxy) is 2. The van der Waals surface area contributed by atoms with E-state index < -0.39 is 54.7 Å². The highest BCUT2D eigenvalue weighted by atomic mass is 16.5. The van der Waals surface area contributed by atoms with Crippen molar-refractivity contribution in [1.82, 2.24) is 4.90 Å². The number of Topliss-reactive ketones (excluding diaryl/α,β-unsaturated/α-hetero) is 1. The second-order valence-electron chi connectivity index (χ2n) is 6.37. The molecule has 1 spiro atoms. The van der Waals surface area contributed by atoms with Crippen molar-refractivity contribution >= 4 is 5.78 Å². The van der Waals surface area contributed by atoms with Gasteiger partial charge in [0.25, 0.3) is 0 Å². The van der Waals surface area contributed by atoms with Crippen molar-refractivity contribution in [2.45, 2.75) is 43.2 Å². The summed E-state index contributed by atoms with van der Waals surface area (Å²) in [7, 11) is 1.30. The molecule has 4 heteroatoms. The van der Waals surface area contributed by atoms with Crippen molar-refractivity contribution in [2.24, 2.45) is 5.92 Å². The summed E-state index contributed by atoms with van der Waals surface area (Å²) >= 11 is 0. The fourth-order valence-electron chi connectivity index (χ4n) is 4.68. The number of likely N-dealkylation sites (tertiary alicyclic amines) is 1. The lowest BCUT2D eigenvalue weighted by Crippen LogP contribution is -2.65. The zero-order valence-corrected chi connectivity index (χ0v) is 12.2. The van der Waals surface area contributed by atoms with E-state index in [4.69, 9.17) is 20.4 Å². The quantitative estimate of drug-likeness (QED) is 0.795. The van der Waals surface area contributed by atoms with Crippen LogP contribution in [0.4, 0.5) is 0 Å². The number of hydrogen-bond acceptors (Lipinski definition) is 4. The normalized spacial score (nSPS) is 50.0. The molecule has 2 fully saturated rings. The van der Waals surface area contributed by atoms with Crippen LogP contribution in [0.5, 0.6) is 11.5 Å². The number of carbonyl (C=O) groups excluding carboxylic acids is 1. The standard InChI is InChI=1S/C18H21NO3/c1-19-8-7-18-11-4-5-13(20)17(18)22-16-14(21-2)6-3-10(15(16)18)9-12(11)19/h3,6,11-12,17H,4-5,7-9H2,1-2H3/t11-,12+,17?,18-/m0/s1/i1D3,3D,6D,9D2,17D.